The third-order valence-corrected chi connectivity index (χ3v) is 3.86. The van der Waals surface area contributed by atoms with Crippen LogP contribution in [-0.4, -0.2) is 36.4 Å². The van der Waals surface area contributed by atoms with Gasteiger partial charge in [0.1, 0.15) is 11.8 Å². The highest BCUT2D eigenvalue weighted by Gasteiger charge is 2.26. The second kappa shape index (κ2) is 6.50. The summed E-state index contributed by atoms with van der Waals surface area (Å²) in [6, 6.07) is 9.94. The van der Waals surface area contributed by atoms with Crippen molar-refractivity contribution in [3.05, 3.63) is 36.2 Å². The maximum Gasteiger partial charge on any atom is 0.226 e. The van der Waals surface area contributed by atoms with E-state index < -0.39 is 6.10 Å². The minimum absolute atomic E-state index is 0.0554. The van der Waals surface area contributed by atoms with E-state index in [9.17, 15) is 5.11 Å². The number of morpholine rings is 1. The fraction of sp³-hybridized carbons (Fsp3) is 0.471. The van der Waals surface area contributed by atoms with Crippen molar-refractivity contribution in [1.82, 2.24) is 4.98 Å². The number of hydrogen-bond acceptors (Lipinski definition) is 5. The van der Waals surface area contributed by atoms with Gasteiger partial charge in [-0.25, -0.2) is 4.98 Å². The van der Waals surface area contributed by atoms with E-state index in [0.29, 0.717) is 19.1 Å². The number of aliphatic hydroxyl groups is 1. The first kappa shape index (κ1) is 15.1. The second-order valence-electron chi connectivity index (χ2n) is 5.86. The van der Waals surface area contributed by atoms with Crippen molar-refractivity contribution in [2.75, 3.05) is 31.2 Å². The third-order valence-electron chi connectivity index (χ3n) is 3.86. The predicted molar refractivity (Wildman–Crippen MR) is 84.8 cm³/mol. The highest BCUT2D eigenvalue weighted by atomic mass is 16.5. The van der Waals surface area contributed by atoms with Crippen molar-refractivity contribution in [2.45, 2.75) is 20.0 Å². The molecule has 1 fully saturated rings. The standard InChI is InChI=1S/C17H22N2O3/c1-12(2)15(20)16-18-14(13-6-4-3-5-7-13)17(22-16)19-8-10-21-11-9-19/h3-7,12,15,20H,8-11H2,1-2H3/t15-/m0/s1. The molecular formula is C17H22N2O3. The van der Waals surface area contributed by atoms with Gasteiger partial charge in [0.2, 0.25) is 11.8 Å². The van der Waals surface area contributed by atoms with E-state index in [2.05, 4.69) is 9.88 Å². The van der Waals surface area contributed by atoms with Crippen LogP contribution in [0, 0.1) is 5.92 Å². The molecular weight excluding hydrogens is 280 g/mol. The Hall–Kier alpha value is -1.85. The lowest BCUT2D eigenvalue weighted by atomic mass is 10.1. The fourth-order valence-corrected chi connectivity index (χ4v) is 2.50. The molecule has 1 aromatic heterocycles. The van der Waals surface area contributed by atoms with Gasteiger partial charge in [-0.1, -0.05) is 44.2 Å². The van der Waals surface area contributed by atoms with Crippen LogP contribution < -0.4 is 4.90 Å². The summed E-state index contributed by atoms with van der Waals surface area (Å²) in [6.07, 6.45) is -0.697. The molecule has 0 spiro atoms. The molecule has 2 aromatic rings. The van der Waals surface area contributed by atoms with Gasteiger partial charge in [-0.15, -0.1) is 0 Å². The summed E-state index contributed by atoms with van der Waals surface area (Å²) in [5, 5.41) is 10.3. The van der Waals surface area contributed by atoms with Gasteiger partial charge in [0.15, 0.2) is 0 Å². The van der Waals surface area contributed by atoms with Crippen LogP contribution in [0.4, 0.5) is 5.88 Å². The molecule has 0 bridgehead atoms. The Morgan fingerprint density at radius 3 is 2.45 bits per heavy atom. The zero-order valence-electron chi connectivity index (χ0n) is 13.0. The SMILES string of the molecule is CC(C)[C@H](O)c1nc(-c2ccccc2)c(N2CCOCC2)o1. The van der Waals surface area contributed by atoms with Crippen molar-refractivity contribution < 1.29 is 14.3 Å². The van der Waals surface area contributed by atoms with Crippen LogP contribution in [0.25, 0.3) is 11.3 Å². The summed E-state index contributed by atoms with van der Waals surface area (Å²) in [6.45, 7) is 6.80. The molecule has 0 radical (unpaired) electrons. The van der Waals surface area contributed by atoms with Crippen molar-refractivity contribution in [2.24, 2.45) is 5.92 Å². The van der Waals surface area contributed by atoms with E-state index in [1.165, 1.54) is 0 Å². The Kier molecular flexibility index (Phi) is 4.45. The van der Waals surface area contributed by atoms with Gasteiger partial charge in [-0.2, -0.15) is 0 Å². The Morgan fingerprint density at radius 1 is 1.14 bits per heavy atom. The summed E-state index contributed by atoms with van der Waals surface area (Å²) >= 11 is 0. The first-order valence-electron chi connectivity index (χ1n) is 7.73. The number of oxazole rings is 1. The van der Waals surface area contributed by atoms with Gasteiger partial charge in [0, 0.05) is 18.7 Å². The molecule has 118 valence electrons. The molecule has 3 rings (SSSR count). The van der Waals surface area contributed by atoms with E-state index in [4.69, 9.17) is 9.15 Å². The quantitative estimate of drug-likeness (QED) is 0.941. The monoisotopic (exact) mass is 302 g/mol. The number of benzene rings is 1. The largest absolute Gasteiger partial charge is 0.422 e. The van der Waals surface area contributed by atoms with E-state index in [-0.39, 0.29) is 5.92 Å². The van der Waals surface area contributed by atoms with E-state index >= 15 is 0 Å². The number of ether oxygens (including phenoxy) is 1. The van der Waals surface area contributed by atoms with Crippen LogP contribution in [0.1, 0.15) is 25.8 Å². The zero-order chi connectivity index (χ0) is 15.5. The summed E-state index contributed by atoms with van der Waals surface area (Å²) in [4.78, 5) is 6.71. The average Bonchev–Trinajstić information content (AvgIpc) is 3.01. The number of hydrogen-bond donors (Lipinski definition) is 1. The number of aliphatic hydroxyl groups excluding tert-OH is 1. The lowest BCUT2D eigenvalue weighted by Crippen LogP contribution is -2.36. The molecule has 0 aliphatic carbocycles. The van der Waals surface area contributed by atoms with Crippen molar-refractivity contribution >= 4 is 5.88 Å². The van der Waals surface area contributed by atoms with Crippen LogP contribution in [0.15, 0.2) is 34.7 Å². The number of aromatic nitrogens is 1. The van der Waals surface area contributed by atoms with Crippen molar-refractivity contribution in [3.63, 3.8) is 0 Å². The van der Waals surface area contributed by atoms with Crippen molar-refractivity contribution in [1.29, 1.82) is 0 Å². The highest BCUT2D eigenvalue weighted by Crippen LogP contribution is 2.35. The molecule has 0 amide bonds. The Bertz CT molecular complexity index is 604. The molecule has 1 aromatic carbocycles. The molecule has 5 heteroatoms. The molecule has 0 saturated carbocycles. The highest BCUT2D eigenvalue weighted by molar-refractivity contribution is 5.71. The molecule has 5 nitrogen and oxygen atoms in total. The molecule has 22 heavy (non-hydrogen) atoms. The van der Waals surface area contributed by atoms with E-state index in [1.54, 1.807) is 0 Å². The van der Waals surface area contributed by atoms with Crippen LogP contribution >= 0.6 is 0 Å². The van der Waals surface area contributed by atoms with Crippen LogP contribution in [0.3, 0.4) is 0 Å². The number of anilines is 1. The van der Waals surface area contributed by atoms with Gasteiger partial charge >= 0.3 is 0 Å². The summed E-state index contributed by atoms with van der Waals surface area (Å²) in [7, 11) is 0. The molecule has 1 aliphatic rings. The Labute approximate surface area is 130 Å². The van der Waals surface area contributed by atoms with Crippen molar-refractivity contribution in [3.8, 4) is 11.3 Å². The fourth-order valence-electron chi connectivity index (χ4n) is 2.50. The normalized spacial score (nSPS) is 17.0. The summed E-state index contributed by atoms with van der Waals surface area (Å²) < 4.78 is 11.3. The number of nitrogens with zero attached hydrogens (tertiary/aromatic N) is 2. The second-order valence-corrected chi connectivity index (χ2v) is 5.86. The predicted octanol–water partition coefficient (Wildman–Crippen LogP) is 2.87. The Morgan fingerprint density at radius 2 is 1.82 bits per heavy atom. The third kappa shape index (κ3) is 3.00. The van der Waals surface area contributed by atoms with Crippen LogP contribution in [0.2, 0.25) is 0 Å². The molecule has 0 unspecified atom stereocenters. The van der Waals surface area contributed by atoms with Gasteiger partial charge in [-0.3, -0.25) is 0 Å². The molecule has 2 heterocycles. The maximum absolute atomic E-state index is 10.3. The van der Waals surface area contributed by atoms with Gasteiger partial charge < -0.3 is 19.2 Å². The van der Waals surface area contributed by atoms with E-state index in [0.717, 1.165) is 30.2 Å². The summed E-state index contributed by atoms with van der Waals surface area (Å²) in [5.74, 6) is 1.17. The number of rotatable bonds is 4. The summed E-state index contributed by atoms with van der Waals surface area (Å²) in [5.41, 5.74) is 1.78. The van der Waals surface area contributed by atoms with Crippen LogP contribution in [-0.2, 0) is 4.74 Å². The smallest absolute Gasteiger partial charge is 0.226 e. The first-order valence-corrected chi connectivity index (χ1v) is 7.73. The molecule has 1 saturated heterocycles. The minimum atomic E-state index is -0.697. The lowest BCUT2D eigenvalue weighted by molar-refractivity contribution is 0.0954. The topological polar surface area (TPSA) is 58.7 Å². The molecule has 1 N–H and O–H groups in total. The molecule has 1 aliphatic heterocycles. The van der Waals surface area contributed by atoms with Gasteiger partial charge in [0.05, 0.1) is 13.2 Å². The van der Waals surface area contributed by atoms with E-state index in [1.807, 2.05) is 44.2 Å². The van der Waals surface area contributed by atoms with Gasteiger partial charge in [0.25, 0.3) is 0 Å². The zero-order valence-corrected chi connectivity index (χ0v) is 13.0. The lowest BCUT2D eigenvalue weighted by Gasteiger charge is -2.26. The molecule has 1 atom stereocenters. The maximum atomic E-state index is 10.3. The first-order chi connectivity index (χ1) is 10.7. The average molecular weight is 302 g/mol. The minimum Gasteiger partial charge on any atom is -0.422 e. The van der Waals surface area contributed by atoms with Crippen LogP contribution in [0.5, 0.6) is 0 Å². The van der Waals surface area contributed by atoms with Gasteiger partial charge in [-0.05, 0) is 5.92 Å². The Balaban J connectivity index is 2.01.